The fourth-order valence-corrected chi connectivity index (χ4v) is 1.15. The number of hydrogen-bond acceptors (Lipinski definition) is 4. The van der Waals surface area contributed by atoms with Crippen molar-refractivity contribution >= 4 is 18.6 Å². The SMILES string of the molecule is O=C(O)[C@H](CS)NCc1ccco1. The van der Waals surface area contributed by atoms with Crippen LogP contribution >= 0.6 is 12.6 Å². The summed E-state index contributed by atoms with van der Waals surface area (Å²) in [6.45, 7) is 0.407. The van der Waals surface area contributed by atoms with Crippen molar-refractivity contribution in [3.8, 4) is 0 Å². The van der Waals surface area contributed by atoms with Gasteiger partial charge in [-0.1, -0.05) is 0 Å². The number of carboxylic acid groups (broad SMARTS) is 1. The highest BCUT2D eigenvalue weighted by atomic mass is 32.1. The highest BCUT2D eigenvalue weighted by molar-refractivity contribution is 7.80. The molecule has 1 rings (SSSR count). The van der Waals surface area contributed by atoms with Crippen LogP contribution < -0.4 is 5.32 Å². The van der Waals surface area contributed by atoms with Crippen molar-refractivity contribution in [3.05, 3.63) is 24.2 Å². The smallest absolute Gasteiger partial charge is 0.321 e. The van der Waals surface area contributed by atoms with Crippen LogP contribution in [0.1, 0.15) is 5.76 Å². The number of carboxylic acids is 1. The van der Waals surface area contributed by atoms with Gasteiger partial charge in [-0.2, -0.15) is 12.6 Å². The van der Waals surface area contributed by atoms with E-state index in [1.165, 1.54) is 0 Å². The van der Waals surface area contributed by atoms with Gasteiger partial charge in [0.1, 0.15) is 11.8 Å². The third-order valence-corrected chi connectivity index (χ3v) is 1.95. The van der Waals surface area contributed by atoms with Gasteiger partial charge < -0.3 is 9.52 Å². The lowest BCUT2D eigenvalue weighted by atomic mass is 10.3. The molecule has 0 bridgehead atoms. The fraction of sp³-hybridized carbons (Fsp3) is 0.375. The predicted molar refractivity (Wildman–Crippen MR) is 50.8 cm³/mol. The molecular weight excluding hydrogens is 190 g/mol. The van der Waals surface area contributed by atoms with E-state index in [9.17, 15) is 4.79 Å². The maximum absolute atomic E-state index is 10.5. The van der Waals surface area contributed by atoms with Crippen LogP contribution in [-0.4, -0.2) is 22.9 Å². The molecule has 0 amide bonds. The molecule has 0 aromatic carbocycles. The Hall–Kier alpha value is -0.940. The second kappa shape index (κ2) is 4.94. The molecule has 0 aliphatic rings. The highest BCUT2D eigenvalue weighted by Crippen LogP contribution is 2.00. The van der Waals surface area contributed by atoms with E-state index in [0.29, 0.717) is 12.3 Å². The Labute approximate surface area is 81.3 Å². The van der Waals surface area contributed by atoms with Crippen molar-refractivity contribution in [2.24, 2.45) is 0 Å². The Kier molecular flexibility index (Phi) is 3.85. The van der Waals surface area contributed by atoms with Crippen LogP contribution in [0.4, 0.5) is 0 Å². The van der Waals surface area contributed by atoms with Crippen molar-refractivity contribution in [2.45, 2.75) is 12.6 Å². The first-order chi connectivity index (χ1) is 6.24. The van der Waals surface area contributed by atoms with E-state index in [4.69, 9.17) is 9.52 Å². The van der Waals surface area contributed by atoms with Gasteiger partial charge in [0.25, 0.3) is 0 Å². The Morgan fingerprint density at radius 3 is 3.00 bits per heavy atom. The topological polar surface area (TPSA) is 62.5 Å². The molecule has 5 heteroatoms. The van der Waals surface area contributed by atoms with Gasteiger partial charge in [0.05, 0.1) is 12.8 Å². The standard InChI is InChI=1S/C8H11NO3S/c10-8(11)7(5-13)9-4-6-2-1-3-12-6/h1-3,7,9,13H,4-5H2,(H,10,11)/t7-/m0/s1. The molecule has 1 heterocycles. The predicted octanol–water partition coefficient (Wildman–Crippen LogP) is 0.752. The summed E-state index contributed by atoms with van der Waals surface area (Å²) < 4.78 is 5.03. The number of aliphatic carboxylic acids is 1. The molecule has 13 heavy (non-hydrogen) atoms. The van der Waals surface area contributed by atoms with Crippen LogP contribution in [0.15, 0.2) is 22.8 Å². The summed E-state index contributed by atoms with van der Waals surface area (Å²) in [6.07, 6.45) is 1.55. The lowest BCUT2D eigenvalue weighted by molar-refractivity contribution is -0.138. The van der Waals surface area contributed by atoms with Crippen LogP contribution in [-0.2, 0) is 11.3 Å². The molecule has 0 saturated heterocycles. The first-order valence-electron chi connectivity index (χ1n) is 3.83. The molecule has 0 spiro atoms. The third-order valence-electron chi connectivity index (χ3n) is 1.58. The summed E-state index contributed by atoms with van der Waals surface area (Å²) in [4.78, 5) is 10.5. The normalized spacial score (nSPS) is 12.7. The molecule has 1 atom stereocenters. The fourth-order valence-electron chi connectivity index (χ4n) is 0.867. The maximum Gasteiger partial charge on any atom is 0.321 e. The second-order valence-electron chi connectivity index (χ2n) is 2.53. The van der Waals surface area contributed by atoms with Gasteiger partial charge in [0.2, 0.25) is 0 Å². The van der Waals surface area contributed by atoms with Crippen LogP contribution in [0.25, 0.3) is 0 Å². The van der Waals surface area contributed by atoms with Gasteiger partial charge >= 0.3 is 5.97 Å². The first-order valence-corrected chi connectivity index (χ1v) is 4.46. The van der Waals surface area contributed by atoms with E-state index in [-0.39, 0.29) is 5.75 Å². The van der Waals surface area contributed by atoms with E-state index in [0.717, 1.165) is 0 Å². The summed E-state index contributed by atoms with van der Waals surface area (Å²) in [5.74, 6) is 0.0744. The van der Waals surface area contributed by atoms with Crippen molar-refractivity contribution in [1.82, 2.24) is 5.32 Å². The van der Waals surface area contributed by atoms with Gasteiger partial charge in [-0.25, -0.2) is 0 Å². The summed E-state index contributed by atoms with van der Waals surface area (Å²) >= 11 is 3.91. The lowest BCUT2D eigenvalue weighted by Gasteiger charge is -2.09. The Balaban J connectivity index is 2.36. The van der Waals surface area contributed by atoms with E-state index in [2.05, 4.69) is 17.9 Å². The monoisotopic (exact) mass is 201 g/mol. The second-order valence-corrected chi connectivity index (χ2v) is 2.90. The first kappa shape index (κ1) is 10.1. The zero-order valence-electron chi connectivity index (χ0n) is 6.93. The molecule has 1 aromatic rings. The molecule has 0 aliphatic heterocycles. The zero-order valence-corrected chi connectivity index (χ0v) is 7.83. The average molecular weight is 201 g/mol. The molecule has 72 valence electrons. The molecule has 0 aliphatic carbocycles. The van der Waals surface area contributed by atoms with E-state index in [1.54, 1.807) is 18.4 Å². The van der Waals surface area contributed by atoms with Gasteiger partial charge in [-0.05, 0) is 12.1 Å². The minimum absolute atomic E-state index is 0.260. The maximum atomic E-state index is 10.5. The van der Waals surface area contributed by atoms with Gasteiger partial charge in [0, 0.05) is 5.75 Å². The Bertz CT molecular complexity index is 260. The van der Waals surface area contributed by atoms with E-state index < -0.39 is 12.0 Å². The molecule has 0 fully saturated rings. The Morgan fingerprint density at radius 2 is 2.54 bits per heavy atom. The van der Waals surface area contributed by atoms with Gasteiger partial charge in [0.15, 0.2) is 0 Å². The van der Waals surface area contributed by atoms with Crippen molar-refractivity contribution in [2.75, 3.05) is 5.75 Å². The molecular formula is C8H11NO3S. The lowest BCUT2D eigenvalue weighted by Crippen LogP contribution is -2.37. The molecule has 0 saturated carbocycles. The summed E-state index contributed by atoms with van der Waals surface area (Å²) in [7, 11) is 0. The highest BCUT2D eigenvalue weighted by Gasteiger charge is 2.14. The van der Waals surface area contributed by atoms with Crippen molar-refractivity contribution in [1.29, 1.82) is 0 Å². The van der Waals surface area contributed by atoms with Gasteiger partial charge in [-0.3, -0.25) is 10.1 Å². The number of rotatable bonds is 5. The zero-order chi connectivity index (χ0) is 9.68. The summed E-state index contributed by atoms with van der Waals surface area (Å²) in [5.41, 5.74) is 0. The van der Waals surface area contributed by atoms with Gasteiger partial charge in [-0.15, -0.1) is 0 Å². The largest absolute Gasteiger partial charge is 0.480 e. The molecule has 4 nitrogen and oxygen atoms in total. The minimum Gasteiger partial charge on any atom is -0.480 e. The van der Waals surface area contributed by atoms with Crippen LogP contribution in [0.2, 0.25) is 0 Å². The van der Waals surface area contributed by atoms with E-state index >= 15 is 0 Å². The van der Waals surface area contributed by atoms with E-state index in [1.807, 2.05) is 0 Å². The average Bonchev–Trinajstić information content (AvgIpc) is 2.57. The Morgan fingerprint density at radius 1 is 1.77 bits per heavy atom. The third kappa shape index (κ3) is 3.12. The van der Waals surface area contributed by atoms with Crippen LogP contribution in [0, 0.1) is 0 Å². The number of thiol groups is 1. The number of furan rings is 1. The minimum atomic E-state index is -0.901. The molecule has 0 unspecified atom stereocenters. The quantitative estimate of drug-likeness (QED) is 0.615. The number of carbonyl (C=O) groups is 1. The van der Waals surface area contributed by atoms with Crippen molar-refractivity contribution < 1.29 is 14.3 Å². The van der Waals surface area contributed by atoms with Crippen LogP contribution in [0.5, 0.6) is 0 Å². The molecule has 1 aromatic heterocycles. The summed E-state index contributed by atoms with van der Waals surface area (Å²) in [5, 5.41) is 11.5. The molecule has 2 N–H and O–H groups in total. The molecule has 0 radical (unpaired) electrons. The number of nitrogens with one attached hydrogen (secondary N) is 1. The number of hydrogen-bond donors (Lipinski definition) is 3. The van der Waals surface area contributed by atoms with Crippen LogP contribution in [0.3, 0.4) is 0 Å². The van der Waals surface area contributed by atoms with Crippen molar-refractivity contribution in [3.63, 3.8) is 0 Å². The summed E-state index contributed by atoms with van der Waals surface area (Å²) in [6, 6.07) is 2.91.